The first-order valence-corrected chi connectivity index (χ1v) is 11.0. The van der Waals surface area contributed by atoms with Crippen LogP contribution in [0.15, 0.2) is 79.7 Å². The number of halogens is 1. The van der Waals surface area contributed by atoms with Gasteiger partial charge in [0.05, 0.1) is 29.5 Å². The van der Waals surface area contributed by atoms with Gasteiger partial charge in [-0.2, -0.15) is 0 Å². The van der Waals surface area contributed by atoms with Gasteiger partial charge >= 0.3 is 0 Å². The number of benzene rings is 2. The molecule has 4 rings (SSSR count). The number of carbonyl (C=O) groups is 1. The first kappa shape index (κ1) is 20.4. The SMILES string of the molecule is Cc1cc(NC(=O)CSc2nc3ccccc3c(=O)n2Cc2ccco2)ccc1Br. The highest BCUT2D eigenvalue weighted by Crippen LogP contribution is 2.22. The number of nitrogens with zero attached hydrogens (tertiary/aromatic N) is 2. The highest BCUT2D eigenvalue weighted by molar-refractivity contribution is 9.10. The van der Waals surface area contributed by atoms with E-state index in [2.05, 4.69) is 26.2 Å². The number of amides is 1. The third kappa shape index (κ3) is 4.49. The molecule has 8 heteroatoms. The summed E-state index contributed by atoms with van der Waals surface area (Å²) in [6, 6.07) is 16.4. The molecular weight excluding hydrogens is 466 g/mol. The fraction of sp³-hybridized carbons (Fsp3) is 0.136. The summed E-state index contributed by atoms with van der Waals surface area (Å²) < 4.78 is 7.93. The molecule has 2 aromatic heterocycles. The van der Waals surface area contributed by atoms with Gasteiger partial charge in [0.2, 0.25) is 5.91 Å². The second-order valence-corrected chi connectivity index (χ2v) is 8.48. The number of nitrogens with one attached hydrogen (secondary N) is 1. The molecule has 0 atom stereocenters. The van der Waals surface area contributed by atoms with E-state index in [0.717, 1.165) is 15.7 Å². The summed E-state index contributed by atoms with van der Waals surface area (Å²) in [6.07, 6.45) is 1.56. The number of rotatable bonds is 6. The Hall–Kier alpha value is -2.84. The van der Waals surface area contributed by atoms with Gasteiger partial charge in [-0.3, -0.25) is 14.2 Å². The molecule has 6 nitrogen and oxygen atoms in total. The maximum absolute atomic E-state index is 13.0. The van der Waals surface area contributed by atoms with Crippen LogP contribution in [0.3, 0.4) is 0 Å². The summed E-state index contributed by atoms with van der Waals surface area (Å²) in [6.45, 7) is 2.21. The second-order valence-electron chi connectivity index (χ2n) is 6.68. The van der Waals surface area contributed by atoms with Crippen LogP contribution in [0.25, 0.3) is 10.9 Å². The van der Waals surface area contributed by atoms with Crippen LogP contribution in [0.1, 0.15) is 11.3 Å². The number of fused-ring (bicyclic) bond motifs is 1. The molecule has 0 saturated heterocycles. The van der Waals surface area contributed by atoms with E-state index < -0.39 is 0 Å². The van der Waals surface area contributed by atoms with Gasteiger partial charge in [-0.05, 0) is 55.0 Å². The average molecular weight is 484 g/mol. The normalized spacial score (nSPS) is 11.0. The Morgan fingerprint density at radius 1 is 1.20 bits per heavy atom. The lowest BCUT2D eigenvalue weighted by Gasteiger charge is -2.12. The van der Waals surface area contributed by atoms with Crippen LogP contribution >= 0.6 is 27.7 Å². The van der Waals surface area contributed by atoms with Gasteiger partial charge in [-0.25, -0.2) is 4.98 Å². The van der Waals surface area contributed by atoms with Gasteiger partial charge < -0.3 is 9.73 Å². The van der Waals surface area contributed by atoms with Gasteiger partial charge in [0.25, 0.3) is 5.56 Å². The Kier molecular flexibility index (Phi) is 6.06. The Balaban J connectivity index is 1.58. The van der Waals surface area contributed by atoms with E-state index in [9.17, 15) is 9.59 Å². The lowest BCUT2D eigenvalue weighted by Crippen LogP contribution is -2.24. The van der Waals surface area contributed by atoms with E-state index in [1.165, 1.54) is 11.8 Å². The Morgan fingerprint density at radius 2 is 2.03 bits per heavy atom. The number of anilines is 1. The molecule has 0 saturated carbocycles. The first-order valence-electron chi connectivity index (χ1n) is 9.22. The zero-order chi connectivity index (χ0) is 21.1. The van der Waals surface area contributed by atoms with Crippen LogP contribution in [-0.2, 0) is 11.3 Å². The van der Waals surface area contributed by atoms with Crippen molar-refractivity contribution in [2.24, 2.45) is 0 Å². The van der Waals surface area contributed by atoms with Crippen molar-refractivity contribution < 1.29 is 9.21 Å². The topological polar surface area (TPSA) is 77.1 Å². The van der Waals surface area contributed by atoms with Gasteiger partial charge in [-0.15, -0.1) is 0 Å². The molecule has 0 radical (unpaired) electrons. The van der Waals surface area contributed by atoms with Gasteiger partial charge in [-0.1, -0.05) is 39.8 Å². The molecule has 1 amide bonds. The molecule has 30 heavy (non-hydrogen) atoms. The largest absolute Gasteiger partial charge is 0.467 e. The van der Waals surface area contributed by atoms with Crippen molar-refractivity contribution >= 4 is 50.2 Å². The number of furan rings is 1. The van der Waals surface area contributed by atoms with Crippen molar-refractivity contribution in [2.75, 3.05) is 11.1 Å². The zero-order valence-electron chi connectivity index (χ0n) is 16.1. The first-order chi connectivity index (χ1) is 14.5. The van der Waals surface area contributed by atoms with E-state index in [-0.39, 0.29) is 23.8 Å². The van der Waals surface area contributed by atoms with Crippen LogP contribution in [0, 0.1) is 6.92 Å². The van der Waals surface area contributed by atoms with Crippen molar-refractivity contribution in [1.82, 2.24) is 9.55 Å². The molecule has 2 aromatic carbocycles. The number of hydrogen-bond acceptors (Lipinski definition) is 5. The number of carbonyl (C=O) groups excluding carboxylic acids is 1. The molecule has 1 N–H and O–H groups in total. The zero-order valence-corrected chi connectivity index (χ0v) is 18.5. The van der Waals surface area contributed by atoms with Crippen LogP contribution < -0.4 is 10.9 Å². The lowest BCUT2D eigenvalue weighted by atomic mass is 10.2. The Morgan fingerprint density at radius 3 is 2.80 bits per heavy atom. The molecule has 0 spiro atoms. The molecule has 0 unspecified atom stereocenters. The van der Waals surface area contributed by atoms with E-state index in [1.807, 2.05) is 37.3 Å². The van der Waals surface area contributed by atoms with Crippen molar-refractivity contribution in [3.05, 3.63) is 87.0 Å². The number of thioether (sulfide) groups is 1. The second kappa shape index (κ2) is 8.89. The van der Waals surface area contributed by atoms with Crippen molar-refractivity contribution in [3.8, 4) is 0 Å². The van der Waals surface area contributed by atoms with Crippen LogP contribution in [0.4, 0.5) is 5.69 Å². The predicted octanol–water partition coefficient (Wildman–Crippen LogP) is 4.84. The van der Waals surface area contributed by atoms with E-state index in [0.29, 0.717) is 21.8 Å². The van der Waals surface area contributed by atoms with Crippen molar-refractivity contribution in [1.29, 1.82) is 0 Å². The highest BCUT2D eigenvalue weighted by Gasteiger charge is 2.15. The molecule has 2 heterocycles. The standard InChI is InChI=1S/C22H18BrN3O3S/c1-14-11-15(8-9-18(14)23)24-20(27)13-30-22-25-19-7-3-2-6-17(19)21(28)26(22)12-16-5-4-10-29-16/h2-11H,12-13H2,1H3,(H,24,27). The Labute approximate surface area is 185 Å². The minimum atomic E-state index is -0.173. The average Bonchev–Trinajstić information content (AvgIpc) is 3.25. The van der Waals surface area contributed by atoms with E-state index in [1.54, 1.807) is 35.1 Å². The maximum atomic E-state index is 13.0. The number of aryl methyl sites for hydroxylation is 1. The van der Waals surface area contributed by atoms with Gasteiger partial charge in [0.15, 0.2) is 5.16 Å². The third-order valence-electron chi connectivity index (χ3n) is 4.49. The van der Waals surface area contributed by atoms with E-state index >= 15 is 0 Å². The molecule has 0 aliphatic rings. The fourth-order valence-electron chi connectivity index (χ4n) is 3.01. The molecule has 4 aromatic rings. The van der Waals surface area contributed by atoms with Gasteiger partial charge in [0.1, 0.15) is 5.76 Å². The maximum Gasteiger partial charge on any atom is 0.262 e. The number of para-hydroxylation sites is 1. The summed E-state index contributed by atoms with van der Waals surface area (Å²) in [5, 5.41) is 3.88. The van der Waals surface area contributed by atoms with Crippen LogP contribution in [0.5, 0.6) is 0 Å². The predicted molar refractivity (Wildman–Crippen MR) is 122 cm³/mol. The molecule has 0 bridgehead atoms. The Bertz CT molecular complexity index is 1270. The quantitative estimate of drug-likeness (QED) is 0.313. The molecule has 152 valence electrons. The van der Waals surface area contributed by atoms with E-state index in [4.69, 9.17) is 4.42 Å². The number of aromatic nitrogens is 2. The molecule has 0 fully saturated rings. The minimum Gasteiger partial charge on any atom is -0.467 e. The summed E-state index contributed by atoms with van der Waals surface area (Å²) in [5.74, 6) is 0.595. The molecular formula is C22H18BrN3O3S. The molecule has 0 aliphatic carbocycles. The smallest absolute Gasteiger partial charge is 0.262 e. The monoisotopic (exact) mass is 483 g/mol. The lowest BCUT2D eigenvalue weighted by molar-refractivity contribution is -0.113. The summed E-state index contributed by atoms with van der Waals surface area (Å²) >= 11 is 4.67. The summed E-state index contributed by atoms with van der Waals surface area (Å²) in [7, 11) is 0. The number of hydrogen-bond donors (Lipinski definition) is 1. The third-order valence-corrected chi connectivity index (χ3v) is 6.36. The van der Waals surface area contributed by atoms with Crippen LogP contribution in [0.2, 0.25) is 0 Å². The van der Waals surface area contributed by atoms with Crippen LogP contribution in [-0.4, -0.2) is 21.2 Å². The minimum absolute atomic E-state index is 0.123. The van der Waals surface area contributed by atoms with Crippen molar-refractivity contribution in [3.63, 3.8) is 0 Å². The fourth-order valence-corrected chi connectivity index (χ4v) is 4.05. The van der Waals surface area contributed by atoms with Crippen molar-refractivity contribution in [2.45, 2.75) is 18.6 Å². The highest BCUT2D eigenvalue weighted by atomic mass is 79.9. The van der Waals surface area contributed by atoms with Gasteiger partial charge in [0, 0.05) is 10.2 Å². The summed E-state index contributed by atoms with van der Waals surface area (Å²) in [4.78, 5) is 30.1. The molecule has 0 aliphatic heterocycles. The summed E-state index contributed by atoms with van der Waals surface area (Å²) in [5.41, 5.74) is 2.19.